The lowest BCUT2D eigenvalue weighted by Crippen LogP contribution is -2.13. The van der Waals surface area contributed by atoms with Crippen LogP contribution in [0.1, 0.15) is 18.8 Å². The molecule has 80 valence electrons. The maximum Gasteiger partial charge on any atom is 0.139 e. The van der Waals surface area contributed by atoms with Gasteiger partial charge in [-0.15, -0.1) is 0 Å². The molecule has 2 rings (SSSR count). The van der Waals surface area contributed by atoms with Gasteiger partial charge in [0.25, 0.3) is 0 Å². The van der Waals surface area contributed by atoms with E-state index in [0.717, 1.165) is 11.3 Å². The Morgan fingerprint density at radius 3 is 2.93 bits per heavy atom. The van der Waals surface area contributed by atoms with Gasteiger partial charge in [-0.05, 0) is 36.0 Å². The van der Waals surface area contributed by atoms with Crippen molar-refractivity contribution in [1.29, 1.82) is 0 Å². The van der Waals surface area contributed by atoms with Crippen molar-refractivity contribution in [3.8, 4) is 0 Å². The van der Waals surface area contributed by atoms with Crippen molar-refractivity contribution in [2.75, 3.05) is 7.05 Å². The summed E-state index contributed by atoms with van der Waals surface area (Å²) < 4.78 is 13.7. The highest BCUT2D eigenvalue weighted by atomic mass is 79.9. The number of H-pyrrole nitrogens is 1. The van der Waals surface area contributed by atoms with Crippen LogP contribution >= 0.6 is 15.9 Å². The molecule has 0 spiro atoms. The van der Waals surface area contributed by atoms with Crippen LogP contribution in [-0.4, -0.2) is 17.0 Å². The monoisotopic (exact) mass is 271 g/mol. The Balaban J connectivity index is 2.56. The Hall–Kier alpha value is -0.940. The summed E-state index contributed by atoms with van der Waals surface area (Å²) in [5.74, 6) is 0.528. The molecule has 2 aromatic rings. The third-order valence-corrected chi connectivity index (χ3v) is 2.99. The molecule has 1 heterocycles. The second-order valence-electron chi connectivity index (χ2n) is 3.42. The fourth-order valence-electron chi connectivity index (χ4n) is 1.37. The van der Waals surface area contributed by atoms with Gasteiger partial charge >= 0.3 is 0 Å². The Bertz CT molecular complexity index is 456. The number of halogens is 2. The van der Waals surface area contributed by atoms with Crippen molar-refractivity contribution in [2.24, 2.45) is 0 Å². The van der Waals surface area contributed by atoms with Gasteiger partial charge in [0.15, 0.2) is 0 Å². The van der Waals surface area contributed by atoms with Crippen LogP contribution in [0.2, 0.25) is 0 Å². The molecule has 0 saturated heterocycles. The van der Waals surface area contributed by atoms with E-state index in [9.17, 15) is 4.39 Å². The van der Waals surface area contributed by atoms with Gasteiger partial charge in [0, 0.05) is 6.07 Å². The van der Waals surface area contributed by atoms with Crippen molar-refractivity contribution in [3.63, 3.8) is 0 Å². The summed E-state index contributed by atoms with van der Waals surface area (Å²) in [7, 11) is 1.86. The van der Waals surface area contributed by atoms with E-state index < -0.39 is 0 Å². The maximum atomic E-state index is 13.2. The summed E-state index contributed by atoms with van der Waals surface area (Å²) in [6, 6.07) is 3.24. The number of nitrogens with zero attached hydrogens (tertiary/aromatic N) is 1. The summed E-state index contributed by atoms with van der Waals surface area (Å²) in [4.78, 5) is 7.45. The molecule has 1 unspecified atom stereocenters. The SMILES string of the molecule is CNC(C)c1nc2cc(Br)c(F)cc2[nH]1. The lowest BCUT2D eigenvalue weighted by molar-refractivity contribution is 0.619. The van der Waals surface area contributed by atoms with Crippen LogP contribution in [-0.2, 0) is 0 Å². The molecule has 0 amide bonds. The third kappa shape index (κ3) is 1.89. The van der Waals surface area contributed by atoms with Crippen molar-refractivity contribution < 1.29 is 4.39 Å². The highest BCUT2D eigenvalue weighted by molar-refractivity contribution is 9.10. The molecule has 2 N–H and O–H groups in total. The molecule has 0 saturated carbocycles. The predicted molar refractivity (Wildman–Crippen MR) is 61.2 cm³/mol. The van der Waals surface area contributed by atoms with Crippen LogP contribution in [0.3, 0.4) is 0 Å². The zero-order chi connectivity index (χ0) is 11.0. The number of benzene rings is 1. The topological polar surface area (TPSA) is 40.7 Å². The summed E-state index contributed by atoms with van der Waals surface area (Å²) in [5.41, 5.74) is 1.48. The van der Waals surface area contributed by atoms with Gasteiger partial charge in [0.05, 0.1) is 21.5 Å². The zero-order valence-corrected chi connectivity index (χ0v) is 10.0. The summed E-state index contributed by atoms with van der Waals surface area (Å²) >= 11 is 3.14. The summed E-state index contributed by atoms with van der Waals surface area (Å²) in [6.45, 7) is 1.99. The fourth-order valence-corrected chi connectivity index (χ4v) is 1.70. The summed E-state index contributed by atoms with van der Waals surface area (Å²) in [5, 5.41) is 3.07. The van der Waals surface area contributed by atoms with E-state index in [4.69, 9.17) is 0 Å². The van der Waals surface area contributed by atoms with Crippen LogP contribution in [0.25, 0.3) is 11.0 Å². The zero-order valence-electron chi connectivity index (χ0n) is 8.44. The molecule has 0 aliphatic heterocycles. The predicted octanol–water partition coefficient (Wildman–Crippen LogP) is 2.74. The first kappa shape index (κ1) is 10.6. The highest BCUT2D eigenvalue weighted by Crippen LogP contribution is 2.23. The maximum absolute atomic E-state index is 13.2. The number of aromatic nitrogens is 2. The molecule has 15 heavy (non-hydrogen) atoms. The minimum atomic E-state index is -0.283. The van der Waals surface area contributed by atoms with E-state index in [1.165, 1.54) is 6.07 Å². The quantitative estimate of drug-likeness (QED) is 0.882. The average Bonchev–Trinajstić information content (AvgIpc) is 2.60. The minimum absolute atomic E-state index is 0.124. The molecule has 5 heteroatoms. The molecule has 1 aromatic heterocycles. The van der Waals surface area contributed by atoms with Gasteiger partial charge < -0.3 is 10.3 Å². The van der Waals surface area contributed by atoms with Gasteiger partial charge in [0.1, 0.15) is 11.6 Å². The average molecular weight is 272 g/mol. The van der Waals surface area contributed by atoms with Gasteiger partial charge in [-0.2, -0.15) is 0 Å². The number of fused-ring (bicyclic) bond motifs is 1. The third-order valence-electron chi connectivity index (χ3n) is 2.39. The molecule has 1 atom stereocenters. The van der Waals surface area contributed by atoms with Crippen LogP contribution in [0.5, 0.6) is 0 Å². The number of hydrogen-bond acceptors (Lipinski definition) is 2. The Kier molecular flexibility index (Phi) is 2.75. The largest absolute Gasteiger partial charge is 0.341 e. The number of hydrogen-bond donors (Lipinski definition) is 2. The molecule has 0 bridgehead atoms. The smallest absolute Gasteiger partial charge is 0.139 e. The van der Waals surface area contributed by atoms with Crippen molar-refractivity contribution in [3.05, 3.63) is 28.2 Å². The lowest BCUT2D eigenvalue weighted by atomic mass is 10.3. The van der Waals surface area contributed by atoms with Gasteiger partial charge in [0.2, 0.25) is 0 Å². The normalized spacial score (nSPS) is 13.3. The lowest BCUT2D eigenvalue weighted by Gasteiger charge is -2.04. The van der Waals surface area contributed by atoms with Crippen molar-refractivity contribution in [2.45, 2.75) is 13.0 Å². The Labute approximate surface area is 95.2 Å². The number of imidazole rings is 1. The molecule has 1 aromatic carbocycles. The Morgan fingerprint density at radius 1 is 1.53 bits per heavy atom. The summed E-state index contributed by atoms with van der Waals surface area (Å²) in [6.07, 6.45) is 0. The number of aromatic amines is 1. The molecule has 0 fully saturated rings. The van der Waals surface area contributed by atoms with Crippen LogP contribution in [0.4, 0.5) is 4.39 Å². The fraction of sp³-hybridized carbons (Fsp3) is 0.300. The second-order valence-corrected chi connectivity index (χ2v) is 4.27. The number of rotatable bonds is 2. The molecule has 0 aliphatic rings. The molecular weight excluding hydrogens is 261 g/mol. The molecule has 0 radical (unpaired) electrons. The van der Waals surface area contributed by atoms with Crippen LogP contribution in [0.15, 0.2) is 16.6 Å². The van der Waals surface area contributed by atoms with E-state index in [1.807, 2.05) is 14.0 Å². The number of nitrogens with one attached hydrogen (secondary N) is 2. The first-order valence-electron chi connectivity index (χ1n) is 4.63. The molecule has 3 nitrogen and oxygen atoms in total. The minimum Gasteiger partial charge on any atom is -0.341 e. The van der Waals surface area contributed by atoms with E-state index in [2.05, 4.69) is 31.2 Å². The van der Waals surface area contributed by atoms with Gasteiger partial charge in [-0.3, -0.25) is 0 Å². The first-order valence-corrected chi connectivity index (χ1v) is 5.43. The molecule has 0 aliphatic carbocycles. The van der Waals surface area contributed by atoms with Gasteiger partial charge in [-0.1, -0.05) is 0 Å². The van der Waals surface area contributed by atoms with Crippen LogP contribution in [0, 0.1) is 5.82 Å². The van der Waals surface area contributed by atoms with Crippen molar-refractivity contribution >= 4 is 27.0 Å². The van der Waals surface area contributed by atoms with E-state index in [-0.39, 0.29) is 11.9 Å². The first-order chi connectivity index (χ1) is 7.11. The van der Waals surface area contributed by atoms with Crippen molar-refractivity contribution in [1.82, 2.24) is 15.3 Å². The standard InChI is InChI=1S/C10H11BrFN3/c1-5(13-2)10-14-8-3-6(11)7(12)4-9(8)15-10/h3-5,13H,1-2H3,(H,14,15). The van der Waals surface area contributed by atoms with Gasteiger partial charge in [-0.25, -0.2) is 9.37 Å². The highest BCUT2D eigenvalue weighted by Gasteiger charge is 2.10. The second kappa shape index (κ2) is 3.90. The van der Waals surface area contributed by atoms with Crippen LogP contribution < -0.4 is 5.32 Å². The van der Waals surface area contributed by atoms with E-state index >= 15 is 0 Å². The Morgan fingerprint density at radius 2 is 2.27 bits per heavy atom. The van der Waals surface area contributed by atoms with E-state index in [1.54, 1.807) is 6.07 Å². The molecular formula is C10H11BrFN3. The van der Waals surface area contributed by atoms with E-state index in [0.29, 0.717) is 9.99 Å².